The summed E-state index contributed by atoms with van der Waals surface area (Å²) in [6.07, 6.45) is 7.79. The molecule has 0 aromatic heterocycles. The first-order chi connectivity index (χ1) is 15.4. The van der Waals surface area contributed by atoms with Crippen molar-refractivity contribution >= 4 is 22.1 Å². The predicted octanol–water partition coefficient (Wildman–Crippen LogP) is 3.36. The molecule has 4 aliphatic heterocycles. The molecule has 2 aromatic carbocycles. The standard InChI is InChI=1S/C25H29N3O3S/c1-32(30,31)26-23-12-13-28-24(23)15-18-6-4-10-21(14-18)22-11-3-2-8-20(22)9-5-7-19-16-27(17-19)25(28)29/h2-6,8-11,14,19,23-24,26H,7,12-13,15-17H2,1H3/b9-5-. The Morgan fingerprint density at radius 1 is 1.06 bits per heavy atom. The van der Waals surface area contributed by atoms with E-state index >= 15 is 0 Å². The summed E-state index contributed by atoms with van der Waals surface area (Å²) in [6, 6.07) is 16.3. The smallest absolute Gasteiger partial charge is 0.320 e. The highest BCUT2D eigenvalue weighted by Crippen LogP contribution is 2.31. The minimum atomic E-state index is -3.36. The average molecular weight is 452 g/mol. The van der Waals surface area contributed by atoms with Gasteiger partial charge >= 0.3 is 6.03 Å². The first kappa shape index (κ1) is 21.2. The number of rotatable bonds is 2. The lowest BCUT2D eigenvalue weighted by molar-refractivity contribution is 0.0871. The molecule has 32 heavy (non-hydrogen) atoms. The van der Waals surface area contributed by atoms with Gasteiger partial charge in [-0.15, -0.1) is 0 Å². The lowest BCUT2D eigenvalue weighted by Crippen LogP contribution is -2.57. The van der Waals surface area contributed by atoms with Crippen LogP contribution in [0.4, 0.5) is 4.79 Å². The number of fused-ring (bicyclic) bond motifs is 1. The number of nitrogens with one attached hydrogen (secondary N) is 1. The van der Waals surface area contributed by atoms with Crippen molar-refractivity contribution in [3.05, 3.63) is 65.7 Å². The topological polar surface area (TPSA) is 69.7 Å². The Morgan fingerprint density at radius 3 is 2.69 bits per heavy atom. The first-order valence-corrected chi connectivity index (χ1v) is 13.1. The maximum absolute atomic E-state index is 13.3. The third kappa shape index (κ3) is 4.32. The minimum Gasteiger partial charge on any atom is -0.324 e. The zero-order chi connectivity index (χ0) is 22.3. The molecule has 2 amide bonds. The second-order valence-corrected chi connectivity index (χ2v) is 11.0. The lowest BCUT2D eigenvalue weighted by atomic mass is 9.94. The fourth-order valence-corrected chi connectivity index (χ4v) is 6.04. The van der Waals surface area contributed by atoms with Gasteiger partial charge in [0.25, 0.3) is 0 Å². The Kier molecular flexibility index (Phi) is 5.55. The molecule has 0 spiro atoms. The third-order valence-corrected chi connectivity index (χ3v) is 7.53. The summed E-state index contributed by atoms with van der Waals surface area (Å²) in [7, 11) is -3.36. The van der Waals surface area contributed by atoms with Gasteiger partial charge in [0.15, 0.2) is 0 Å². The van der Waals surface area contributed by atoms with Crippen LogP contribution < -0.4 is 4.72 Å². The number of allylic oxidation sites excluding steroid dienone is 1. The molecule has 4 aliphatic rings. The second-order valence-electron chi connectivity index (χ2n) is 9.23. The highest BCUT2D eigenvalue weighted by molar-refractivity contribution is 7.88. The van der Waals surface area contributed by atoms with Crippen LogP contribution in [0, 0.1) is 5.92 Å². The number of sulfonamides is 1. The van der Waals surface area contributed by atoms with E-state index < -0.39 is 10.0 Å². The summed E-state index contributed by atoms with van der Waals surface area (Å²) in [5.41, 5.74) is 4.60. The monoisotopic (exact) mass is 451 g/mol. The number of carbonyl (C=O) groups excluding carboxylic acids is 1. The number of carbonyl (C=O) groups is 1. The number of nitrogens with zero attached hydrogens (tertiary/aromatic N) is 2. The van der Waals surface area contributed by atoms with Gasteiger partial charge in [0, 0.05) is 25.7 Å². The number of hydrogen-bond donors (Lipinski definition) is 1. The molecule has 0 radical (unpaired) electrons. The summed E-state index contributed by atoms with van der Waals surface area (Å²) >= 11 is 0. The zero-order valence-electron chi connectivity index (χ0n) is 18.3. The van der Waals surface area contributed by atoms with Crippen molar-refractivity contribution in [1.29, 1.82) is 0 Å². The number of amides is 2. The summed E-state index contributed by atoms with van der Waals surface area (Å²) in [5.74, 6) is 0.472. The molecule has 2 saturated heterocycles. The molecule has 2 atom stereocenters. The van der Waals surface area contributed by atoms with Crippen LogP contribution in [0.2, 0.25) is 0 Å². The molecule has 168 valence electrons. The molecule has 0 aliphatic carbocycles. The molecular formula is C25H29N3O3S. The van der Waals surface area contributed by atoms with Crippen molar-refractivity contribution in [3.63, 3.8) is 0 Å². The van der Waals surface area contributed by atoms with E-state index in [9.17, 15) is 13.2 Å². The fraction of sp³-hybridized carbons (Fsp3) is 0.400. The highest BCUT2D eigenvalue weighted by Gasteiger charge is 2.42. The van der Waals surface area contributed by atoms with Crippen LogP contribution in [0.1, 0.15) is 24.0 Å². The molecule has 1 N–H and O–H groups in total. The van der Waals surface area contributed by atoms with Crippen molar-refractivity contribution < 1.29 is 13.2 Å². The van der Waals surface area contributed by atoms with Gasteiger partial charge in [-0.25, -0.2) is 17.9 Å². The fourth-order valence-electron chi connectivity index (χ4n) is 5.21. The summed E-state index contributed by atoms with van der Waals surface area (Å²) < 4.78 is 26.8. The Hall–Kier alpha value is -2.64. The largest absolute Gasteiger partial charge is 0.324 e. The van der Waals surface area contributed by atoms with Gasteiger partial charge in [-0.3, -0.25) is 0 Å². The molecule has 2 fully saturated rings. The van der Waals surface area contributed by atoms with E-state index in [4.69, 9.17) is 0 Å². The normalized spacial score (nSPS) is 26.4. The molecule has 2 unspecified atom stereocenters. The number of urea groups is 1. The van der Waals surface area contributed by atoms with Crippen LogP contribution in [-0.2, 0) is 16.4 Å². The van der Waals surface area contributed by atoms with Crippen LogP contribution in [0.25, 0.3) is 17.2 Å². The Bertz CT molecular complexity index is 1150. The van der Waals surface area contributed by atoms with Crippen LogP contribution in [0.3, 0.4) is 0 Å². The van der Waals surface area contributed by atoms with E-state index in [-0.39, 0.29) is 18.1 Å². The zero-order valence-corrected chi connectivity index (χ0v) is 19.1. The number of benzene rings is 2. The summed E-state index contributed by atoms with van der Waals surface area (Å²) in [6.45, 7) is 2.08. The second kappa shape index (κ2) is 8.37. The van der Waals surface area contributed by atoms with Gasteiger partial charge in [0.1, 0.15) is 0 Å². The average Bonchev–Trinajstić information content (AvgIpc) is 3.09. The quantitative estimate of drug-likeness (QED) is 0.761. The molecule has 6 nitrogen and oxygen atoms in total. The summed E-state index contributed by atoms with van der Waals surface area (Å²) in [4.78, 5) is 17.1. The molecular weight excluding hydrogens is 422 g/mol. The van der Waals surface area contributed by atoms with Crippen molar-refractivity contribution in [2.75, 3.05) is 25.9 Å². The maximum atomic E-state index is 13.3. The maximum Gasteiger partial charge on any atom is 0.320 e. The van der Waals surface area contributed by atoms with Crippen LogP contribution in [0.5, 0.6) is 0 Å². The van der Waals surface area contributed by atoms with Crippen molar-refractivity contribution in [2.45, 2.75) is 31.3 Å². The van der Waals surface area contributed by atoms with E-state index in [1.165, 1.54) is 17.4 Å². The Morgan fingerprint density at radius 2 is 1.88 bits per heavy atom. The highest BCUT2D eigenvalue weighted by atomic mass is 32.2. The van der Waals surface area contributed by atoms with Crippen molar-refractivity contribution in [2.24, 2.45) is 5.92 Å². The number of hydrogen-bond acceptors (Lipinski definition) is 3. The Labute approximate surface area is 190 Å². The van der Waals surface area contributed by atoms with Crippen molar-refractivity contribution in [3.8, 4) is 11.1 Å². The molecule has 4 heterocycles. The van der Waals surface area contributed by atoms with Gasteiger partial charge in [-0.2, -0.15) is 0 Å². The molecule has 7 heteroatoms. The molecule has 2 aromatic rings. The van der Waals surface area contributed by atoms with Crippen LogP contribution >= 0.6 is 0 Å². The first-order valence-electron chi connectivity index (χ1n) is 11.2. The van der Waals surface area contributed by atoms with E-state index in [1.54, 1.807) is 0 Å². The minimum absolute atomic E-state index is 0.0299. The molecule has 6 rings (SSSR count). The predicted molar refractivity (Wildman–Crippen MR) is 127 cm³/mol. The van der Waals surface area contributed by atoms with Crippen molar-refractivity contribution in [1.82, 2.24) is 14.5 Å². The SMILES string of the molecule is CS(=O)(=O)NC1CCN2C(=O)N3CC(C/C=C\c4ccccc4-c4cccc(c4)CC12)C3. The van der Waals surface area contributed by atoms with Gasteiger partial charge in [-0.1, -0.05) is 60.7 Å². The van der Waals surface area contributed by atoms with E-state index in [0.29, 0.717) is 25.3 Å². The summed E-state index contributed by atoms with van der Waals surface area (Å²) in [5, 5.41) is 0. The Balaban J connectivity index is 1.54. The van der Waals surface area contributed by atoms with E-state index in [1.807, 2.05) is 15.9 Å². The van der Waals surface area contributed by atoms with Gasteiger partial charge in [-0.05, 0) is 47.4 Å². The van der Waals surface area contributed by atoms with Gasteiger partial charge in [0.2, 0.25) is 10.0 Å². The van der Waals surface area contributed by atoms with E-state index in [0.717, 1.165) is 30.6 Å². The van der Waals surface area contributed by atoms with Crippen LogP contribution in [0.15, 0.2) is 54.6 Å². The molecule has 0 saturated carbocycles. The van der Waals surface area contributed by atoms with Crippen LogP contribution in [-0.4, -0.2) is 62.2 Å². The lowest BCUT2D eigenvalue weighted by Gasteiger charge is -2.42. The third-order valence-electron chi connectivity index (χ3n) is 6.80. The van der Waals surface area contributed by atoms with Gasteiger partial charge in [0.05, 0.1) is 12.3 Å². The molecule has 4 bridgehead atoms. The van der Waals surface area contributed by atoms with Gasteiger partial charge < -0.3 is 9.80 Å². The van der Waals surface area contributed by atoms with E-state index in [2.05, 4.69) is 59.3 Å².